The summed E-state index contributed by atoms with van der Waals surface area (Å²) >= 11 is 5.76. The Morgan fingerprint density at radius 3 is 2.23 bits per heavy atom. The molecule has 118 valence electrons. The molecule has 0 saturated carbocycles. The normalized spacial score (nSPS) is 11.2. The first-order valence-corrected chi connectivity index (χ1v) is 8.28. The van der Waals surface area contributed by atoms with Crippen LogP contribution in [0, 0.1) is 0 Å². The molecule has 0 heterocycles. The van der Waals surface area contributed by atoms with Crippen molar-refractivity contribution in [1.82, 2.24) is 4.72 Å². The molecular weight excluding hydrogens is 326 g/mol. The molecule has 2 rings (SSSR count). The lowest BCUT2D eigenvalue weighted by Gasteiger charge is -2.11. The third-order valence-corrected chi connectivity index (χ3v) is 4.71. The predicted octanol–water partition coefficient (Wildman–Crippen LogP) is 2.84. The minimum absolute atomic E-state index is 0.144. The second-order valence-electron chi connectivity index (χ2n) is 4.47. The van der Waals surface area contributed by atoms with E-state index in [-0.39, 0.29) is 11.4 Å². The molecule has 0 unspecified atom stereocenters. The Labute approximate surface area is 134 Å². The summed E-state index contributed by atoms with van der Waals surface area (Å²) < 4.78 is 37.2. The van der Waals surface area contributed by atoms with Crippen molar-refractivity contribution in [3.63, 3.8) is 0 Å². The average Bonchev–Trinajstić information content (AvgIpc) is 2.53. The summed E-state index contributed by atoms with van der Waals surface area (Å²) in [7, 11) is -0.521. The number of ether oxygens (including phenoxy) is 2. The zero-order chi connectivity index (χ0) is 16.2. The maximum Gasteiger partial charge on any atom is 0.240 e. The van der Waals surface area contributed by atoms with Crippen LogP contribution in [0.4, 0.5) is 0 Å². The van der Waals surface area contributed by atoms with Gasteiger partial charge in [-0.3, -0.25) is 0 Å². The molecule has 0 radical (unpaired) electrons. The van der Waals surface area contributed by atoms with Crippen molar-refractivity contribution >= 4 is 21.6 Å². The third kappa shape index (κ3) is 3.91. The zero-order valence-corrected chi connectivity index (χ0v) is 13.7. The lowest BCUT2D eigenvalue weighted by Crippen LogP contribution is -2.23. The number of hydrogen-bond donors (Lipinski definition) is 1. The summed E-state index contributed by atoms with van der Waals surface area (Å²) in [6, 6.07) is 11.2. The fraction of sp³-hybridized carbons (Fsp3) is 0.200. The van der Waals surface area contributed by atoms with E-state index in [9.17, 15) is 8.42 Å². The van der Waals surface area contributed by atoms with Crippen LogP contribution in [0.2, 0.25) is 5.02 Å². The van der Waals surface area contributed by atoms with E-state index in [2.05, 4.69) is 4.72 Å². The van der Waals surface area contributed by atoms with Crippen LogP contribution in [-0.2, 0) is 16.6 Å². The van der Waals surface area contributed by atoms with Gasteiger partial charge in [-0.1, -0.05) is 17.7 Å². The summed E-state index contributed by atoms with van der Waals surface area (Å²) in [4.78, 5) is 0.164. The fourth-order valence-corrected chi connectivity index (χ4v) is 3.01. The van der Waals surface area contributed by atoms with Gasteiger partial charge in [-0.25, -0.2) is 13.1 Å². The van der Waals surface area contributed by atoms with Gasteiger partial charge in [0.05, 0.1) is 19.1 Å². The van der Waals surface area contributed by atoms with Gasteiger partial charge in [-0.05, 0) is 42.0 Å². The first kappa shape index (κ1) is 16.6. The largest absolute Gasteiger partial charge is 0.493 e. The van der Waals surface area contributed by atoms with E-state index >= 15 is 0 Å². The second-order valence-corrected chi connectivity index (χ2v) is 6.67. The first-order chi connectivity index (χ1) is 10.5. The maximum absolute atomic E-state index is 12.2. The van der Waals surface area contributed by atoms with Crippen molar-refractivity contribution in [2.45, 2.75) is 11.4 Å². The van der Waals surface area contributed by atoms with E-state index in [4.69, 9.17) is 21.1 Å². The molecule has 0 atom stereocenters. The van der Waals surface area contributed by atoms with Crippen molar-refractivity contribution in [2.24, 2.45) is 0 Å². The van der Waals surface area contributed by atoms with E-state index < -0.39 is 10.0 Å². The minimum atomic E-state index is -3.59. The molecule has 2 aromatic rings. The van der Waals surface area contributed by atoms with Gasteiger partial charge in [-0.15, -0.1) is 0 Å². The van der Waals surface area contributed by atoms with Crippen LogP contribution in [0.25, 0.3) is 0 Å². The molecule has 1 N–H and O–H groups in total. The minimum Gasteiger partial charge on any atom is -0.493 e. The van der Waals surface area contributed by atoms with E-state index in [0.717, 1.165) is 5.56 Å². The molecule has 22 heavy (non-hydrogen) atoms. The fourth-order valence-electron chi connectivity index (χ4n) is 1.87. The highest BCUT2D eigenvalue weighted by molar-refractivity contribution is 7.89. The number of halogens is 1. The van der Waals surface area contributed by atoms with Gasteiger partial charge < -0.3 is 9.47 Å². The molecule has 0 fully saturated rings. The molecule has 2 aromatic carbocycles. The Morgan fingerprint density at radius 2 is 1.64 bits per heavy atom. The molecule has 0 spiro atoms. The highest BCUT2D eigenvalue weighted by Gasteiger charge is 2.14. The van der Waals surface area contributed by atoms with Crippen molar-refractivity contribution in [2.75, 3.05) is 14.2 Å². The van der Waals surface area contributed by atoms with E-state index in [1.54, 1.807) is 25.3 Å². The van der Waals surface area contributed by atoms with Crippen molar-refractivity contribution in [1.29, 1.82) is 0 Å². The summed E-state index contributed by atoms with van der Waals surface area (Å²) in [5, 5.41) is 0.485. The number of hydrogen-bond acceptors (Lipinski definition) is 4. The van der Waals surface area contributed by atoms with E-state index in [1.165, 1.54) is 31.4 Å². The quantitative estimate of drug-likeness (QED) is 0.877. The third-order valence-electron chi connectivity index (χ3n) is 3.04. The molecule has 5 nitrogen and oxygen atoms in total. The molecule has 7 heteroatoms. The van der Waals surface area contributed by atoms with Crippen molar-refractivity contribution < 1.29 is 17.9 Å². The molecule has 0 bridgehead atoms. The molecule has 0 saturated heterocycles. The Bertz CT molecular complexity index is 745. The Hall–Kier alpha value is -1.76. The Balaban J connectivity index is 2.13. The second kappa shape index (κ2) is 7.00. The van der Waals surface area contributed by atoms with Crippen LogP contribution in [0.1, 0.15) is 5.56 Å². The van der Waals surface area contributed by atoms with Gasteiger partial charge in [0.25, 0.3) is 0 Å². The number of methoxy groups -OCH3 is 2. The highest BCUT2D eigenvalue weighted by Crippen LogP contribution is 2.27. The number of nitrogens with one attached hydrogen (secondary N) is 1. The standard InChI is InChI=1S/C15H16ClNO4S/c1-20-14-8-3-11(9-15(14)21-2)10-17-22(18,19)13-6-4-12(16)5-7-13/h3-9,17H,10H2,1-2H3. The summed E-state index contributed by atoms with van der Waals surface area (Å²) in [5.41, 5.74) is 0.759. The molecule has 0 aromatic heterocycles. The number of rotatable bonds is 6. The number of sulfonamides is 1. The summed E-state index contributed by atoms with van der Waals surface area (Å²) in [6.45, 7) is 0.144. The Kier molecular flexibility index (Phi) is 5.28. The lowest BCUT2D eigenvalue weighted by molar-refractivity contribution is 0.354. The molecule has 0 aliphatic carbocycles. The first-order valence-electron chi connectivity index (χ1n) is 6.42. The van der Waals surface area contributed by atoms with Crippen molar-refractivity contribution in [3.8, 4) is 11.5 Å². The van der Waals surface area contributed by atoms with Crippen LogP contribution in [0.5, 0.6) is 11.5 Å². The van der Waals surface area contributed by atoms with Gasteiger partial charge >= 0.3 is 0 Å². The van der Waals surface area contributed by atoms with E-state index in [1.807, 2.05) is 0 Å². The van der Waals surface area contributed by atoms with Crippen LogP contribution >= 0.6 is 11.6 Å². The monoisotopic (exact) mass is 341 g/mol. The summed E-state index contributed by atoms with van der Waals surface area (Å²) in [5.74, 6) is 1.14. The highest BCUT2D eigenvalue weighted by atomic mass is 35.5. The van der Waals surface area contributed by atoms with Crippen LogP contribution in [-0.4, -0.2) is 22.6 Å². The van der Waals surface area contributed by atoms with Gasteiger partial charge in [-0.2, -0.15) is 0 Å². The SMILES string of the molecule is COc1ccc(CNS(=O)(=O)c2ccc(Cl)cc2)cc1OC. The smallest absolute Gasteiger partial charge is 0.240 e. The van der Waals surface area contributed by atoms with Crippen LogP contribution in [0.3, 0.4) is 0 Å². The summed E-state index contributed by atoms with van der Waals surface area (Å²) in [6.07, 6.45) is 0. The lowest BCUT2D eigenvalue weighted by atomic mass is 10.2. The maximum atomic E-state index is 12.2. The van der Waals surface area contributed by atoms with Gasteiger partial charge in [0.2, 0.25) is 10.0 Å². The molecule has 0 aliphatic heterocycles. The number of benzene rings is 2. The van der Waals surface area contributed by atoms with Gasteiger partial charge in [0, 0.05) is 11.6 Å². The molecular formula is C15H16ClNO4S. The molecule has 0 amide bonds. The predicted molar refractivity (Wildman–Crippen MR) is 85.0 cm³/mol. The topological polar surface area (TPSA) is 64.6 Å². The Morgan fingerprint density at radius 1 is 1.00 bits per heavy atom. The van der Waals surface area contributed by atoms with Crippen LogP contribution < -0.4 is 14.2 Å². The van der Waals surface area contributed by atoms with E-state index in [0.29, 0.717) is 16.5 Å². The van der Waals surface area contributed by atoms with Crippen LogP contribution in [0.15, 0.2) is 47.4 Å². The molecule has 0 aliphatic rings. The zero-order valence-electron chi connectivity index (χ0n) is 12.2. The van der Waals surface area contributed by atoms with Crippen molar-refractivity contribution in [3.05, 3.63) is 53.1 Å². The van der Waals surface area contributed by atoms with Gasteiger partial charge in [0.1, 0.15) is 0 Å². The average molecular weight is 342 g/mol. The van der Waals surface area contributed by atoms with Gasteiger partial charge in [0.15, 0.2) is 11.5 Å².